The summed E-state index contributed by atoms with van der Waals surface area (Å²) in [6, 6.07) is 7.68. The molecule has 1 heterocycles. The first kappa shape index (κ1) is 15.8. The first-order valence-corrected chi connectivity index (χ1v) is 7.88. The maximum Gasteiger partial charge on any atom is 0.137 e. The van der Waals surface area contributed by atoms with Crippen LogP contribution in [0.1, 0.15) is 13.8 Å². The van der Waals surface area contributed by atoms with Gasteiger partial charge in [-0.2, -0.15) is 0 Å². The lowest BCUT2D eigenvalue weighted by Crippen LogP contribution is -3.16. The minimum absolute atomic E-state index is 0.255. The molecule has 1 fully saturated rings. The third kappa shape index (κ3) is 4.74. The van der Waals surface area contributed by atoms with Crippen molar-refractivity contribution in [1.29, 1.82) is 0 Å². The smallest absolute Gasteiger partial charge is 0.137 e. The number of aliphatic hydroxyl groups excluding tert-OH is 1. The van der Waals surface area contributed by atoms with E-state index in [0.29, 0.717) is 13.2 Å². The van der Waals surface area contributed by atoms with E-state index in [9.17, 15) is 5.11 Å². The first-order chi connectivity index (χ1) is 9.54. The molecule has 0 aliphatic carbocycles. The highest BCUT2D eigenvalue weighted by atomic mass is 79.9. The van der Waals surface area contributed by atoms with E-state index in [2.05, 4.69) is 29.8 Å². The van der Waals surface area contributed by atoms with Gasteiger partial charge < -0.3 is 19.5 Å². The molecule has 112 valence electrons. The molecule has 20 heavy (non-hydrogen) atoms. The van der Waals surface area contributed by atoms with Gasteiger partial charge >= 0.3 is 0 Å². The van der Waals surface area contributed by atoms with Crippen LogP contribution in [0.3, 0.4) is 0 Å². The highest BCUT2D eigenvalue weighted by molar-refractivity contribution is 9.10. The summed E-state index contributed by atoms with van der Waals surface area (Å²) in [5.41, 5.74) is 0. The van der Waals surface area contributed by atoms with E-state index in [-0.39, 0.29) is 12.2 Å². The van der Waals surface area contributed by atoms with Crippen molar-refractivity contribution in [3.05, 3.63) is 28.7 Å². The van der Waals surface area contributed by atoms with E-state index in [1.54, 1.807) is 0 Å². The van der Waals surface area contributed by atoms with Gasteiger partial charge in [-0.1, -0.05) is 12.1 Å². The largest absolute Gasteiger partial charge is 0.489 e. The number of aliphatic hydroxyl groups is 1. The fourth-order valence-electron chi connectivity index (χ4n) is 2.70. The maximum atomic E-state index is 10.1. The summed E-state index contributed by atoms with van der Waals surface area (Å²) >= 11 is 3.43. The number of quaternary nitrogens is 1. The second-order valence-electron chi connectivity index (χ2n) is 5.51. The molecule has 0 spiro atoms. The number of para-hydroxylation sites is 1. The summed E-state index contributed by atoms with van der Waals surface area (Å²) in [7, 11) is 0. The summed E-state index contributed by atoms with van der Waals surface area (Å²) in [6.45, 7) is 7.06. The van der Waals surface area contributed by atoms with Gasteiger partial charge in [-0.05, 0) is 41.9 Å². The van der Waals surface area contributed by atoms with Crippen LogP contribution in [-0.4, -0.2) is 49.7 Å². The standard InChI is InChI=1S/C15H22BrNO3/c1-11-7-17(8-12(2)20-11)9-13(18)10-19-15-6-4-3-5-14(15)16/h3-6,11-13,18H,7-10H2,1-2H3/p+1/t11-,12-,13+/m1/s1. The zero-order chi connectivity index (χ0) is 14.5. The number of morpholine rings is 1. The van der Waals surface area contributed by atoms with Crippen LogP contribution in [-0.2, 0) is 4.74 Å². The Labute approximate surface area is 128 Å². The minimum Gasteiger partial charge on any atom is -0.489 e. The number of ether oxygens (including phenoxy) is 2. The third-order valence-corrected chi connectivity index (χ3v) is 4.06. The summed E-state index contributed by atoms with van der Waals surface area (Å²) in [6.07, 6.45) is 0.0462. The van der Waals surface area contributed by atoms with Crippen LogP contribution in [0.25, 0.3) is 0 Å². The zero-order valence-corrected chi connectivity index (χ0v) is 13.6. The predicted molar refractivity (Wildman–Crippen MR) is 81.2 cm³/mol. The van der Waals surface area contributed by atoms with Crippen LogP contribution in [0.5, 0.6) is 5.75 Å². The van der Waals surface area contributed by atoms with E-state index in [4.69, 9.17) is 9.47 Å². The van der Waals surface area contributed by atoms with Crippen molar-refractivity contribution in [2.45, 2.75) is 32.2 Å². The van der Waals surface area contributed by atoms with Crippen molar-refractivity contribution in [2.24, 2.45) is 0 Å². The fraction of sp³-hybridized carbons (Fsp3) is 0.600. The molecule has 0 unspecified atom stereocenters. The molecule has 0 bridgehead atoms. The van der Waals surface area contributed by atoms with Gasteiger partial charge in [0.2, 0.25) is 0 Å². The van der Waals surface area contributed by atoms with Crippen LogP contribution < -0.4 is 9.64 Å². The van der Waals surface area contributed by atoms with Gasteiger partial charge in [-0.3, -0.25) is 0 Å². The fourth-order valence-corrected chi connectivity index (χ4v) is 3.10. The maximum absolute atomic E-state index is 10.1. The summed E-state index contributed by atoms with van der Waals surface area (Å²) in [5, 5.41) is 10.1. The molecule has 1 aromatic carbocycles. The van der Waals surface area contributed by atoms with Crippen LogP contribution in [0.15, 0.2) is 28.7 Å². The predicted octanol–water partition coefficient (Wildman–Crippen LogP) is 0.881. The lowest BCUT2D eigenvalue weighted by Gasteiger charge is -2.33. The Hall–Kier alpha value is -0.620. The van der Waals surface area contributed by atoms with Gasteiger partial charge in [-0.15, -0.1) is 0 Å². The van der Waals surface area contributed by atoms with Crippen molar-refractivity contribution in [1.82, 2.24) is 0 Å². The Balaban J connectivity index is 1.78. The lowest BCUT2D eigenvalue weighted by molar-refractivity contribution is -0.918. The normalized spacial score (nSPS) is 28.1. The molecular formula is C15H23BrNO3+. The number of hydrogen-bond acceptors (Lipinski definition) is 3. The average molecular weight is 345 g/mol. The van der Waals surface area contributed by atoms with Crippen LogP contribution >= 0.6 is 15.9 Å². The molecule has 2 N–H and O–H groups in total. The Kier molecular flexibility index (Phi) is 5.84. The van der Waals surface area contributed by atoms with E-state index in [1.807, 2.05) is 24.3 Å². The highest BCUT2D eigenvalue weighted by Gasteiger charge is 2.27. The van der Waals surface area contributed by atoms with E-state index in [0.717, 1.165) is 23.3 Å². The average Bonchev–Trinajstić information content (AvgIpc) is 2.36. The topological polar surface area (TPSA) is 43.1 Å². The third-order valence-electron chi connectivity index (χ3n) is 3.41. The van der Waals surface area contributed by atoms with Crippen LogP contribution in [0.4, 0.5) is 0 Å². The van der Waals surface area contributed by atoms with Crippen LogP contribution in [0.2, 0.25) is 0 Å². The number of hydrogen-bond donors (Lipinski definition) is 2. The van der Waals surface area contributed by atoms with Gasteiger partial charge in [0, 0.05) is 0 Å². The Morgan fingerprint density at radius 2 is 2.00 bits per heavy atom. The zero-order valence-electron chi connectivity index (χ0n) is 12.0. The van der Waals surface area contributed by atoms with Crippen molar-refractivity contribution >= 4 is 15.9 Å². The Morgan fingerprint density at radius 3 is 2.65 bits per heavy atom. The molecule has 1 aliphatic heterocycles. The lowest BCUT2D eigenvalue weighted by atomic mass is 10.2. The second-order valence-corrected chi connectivity index (χ2v) is 6.37. The first-order valence-electron chi connectivity index (χ1n) is 7.09. The van der Waals surface area contributed by atoms with E-state index >= 15 is 0 Å². The van der Waals surface area contributed by atoms with Gasteiger partial charge in [0.25, 0.3) is 0 Å². The van der Waals surface area contributed by atoms with Gasteiger partial charge in [0.15, 0.2) is 0 Å². The molecule has 5 heteroatoms. The molecule has 0 saturated carbocycles. The molecule has 1 aliphatic rings. The Bertz CT molecular complexity index is 419. The van der Waals surface area contributed by atoms with Crippen molar-refractivity contribution in [3.8, 4) is 5.75 Å². The molecule has 0 aromatic heterocycles. The Morgan fingerprint density at radius 1 is 1.35 bits per heavy atom. The van der Waals surface area contributed by atoms with Gasteiger partial charge in [0.1, 0.15) is 50.3 Å². The molecule has 4 nitrogen and oxygen atoms in total. The quantitative estimate of drug-likeness (QED) is 0.833. The molecule has 0 amide bonds. The van der Waals surface area contributed by atoms with Gasteiger partial charge in [0.05, 0.1) is 4.47 Å². The summed E-state index contributed by atoms with van der Waals surface area (Å²) < 4.78 is 12.3. The monoisotopic (exact) mass is 344 g/mol. The van der Waals surface area contributed by atoms with Crippen molar-refractivity contribution in [2.75, 3.05) is 26.2 Å². The van der Waals surface area contributed by atoms with Crippen molar-refractivity contribution in [3.63, 3.8) is 0 Å². The molecule has 2 rings (SSSR count). The molecule has 0 radical (unpaired) electrons. The molecular weight excluding hydrogens is 322 g/mol. The second kappa shape index (κ2) is 7.41. The number of benzene rings is 1. The number of rotatable bonds is 5. The molecule has 1 saturated heterocycles. The summed E-state index contributed by atoms with van der Waals surface area (Å²) in [5.74, 6) is 0.769. The highest BCUT2D eigenvalue weighted by Crippen LogP contribution is 2.23. The minimum atomic E-state index is -0.463. The van der Waals surface area contributed by atoms with E-state index in [1.165, 1.54) is 4.90 Å². The number of halogens is 1. The molecule has 3 atom stereocenters. The summed E-state index contributed by atoms with van der Waals surface area (Å²) in [4.78, 5) is 1.37. The SMILES string of the molecule is C[C@@H]1C[NH+](C[C@H](O)COc2ccccc2Br)C[C@@H](C)O1. The van der Waals surface area contributed by atoms with Gasteiger partial charge in [-0.25, -0.2) is 0 Å². The molecule has 1 aromatic rings. The number of nitrogens with one attached hydrogen (secondary N) is 1. The van der Waals surface area contributed by atoms with E-state index < -0.39 is 6.10 Å². The van der Waals surface area contributed by atoms with Crippen LogP contribution in [0, 0.1) is 0 Å². The van der Waals surface area contributed by atoms with Crippen molar-refractivity contribution < 1.29 is 19.5 Å².